The Kier molecular flexibility index (Phi) is 7.25. The number of halogens is 3. The molecule has 1 unspecified atom stereocenters. The first-order valence-corrected chi connectivity index (χ1v) is 11.1. The number of anilines is 1. The van der Waals surface area contributed by atoms with E-state index in [-0.39, 0.29) is 48.4 Å². The van der Waals surface area contributed by atoms with Gasteiger partial charge in [0, 0.05) is 34.3 Å². The Morgan fingerprint density at radius 3 is 2.69 bits per heavy atom. The number of amides is 4. The van der Waals surface area contributed by atoms with Gasteiger partial charge in [-0.1, -0.05) is 11.6 Å². The van der Waals surface area contributed by atoms with E-state index in [1.165, 1.54) is 24.1 Å². The van der Waals surface area contributed by atoms with E-state index >= 15 is 0 Å². The Hall–Kier alpha value is -3.93. The zero-order chi connectivity index (χ0) is 26.0. The van der Waals surface area contributed by atoms with E-state index in [4.69, 9.17) is 21.1 Å². The zero-order valence-electron chi connectivity index (χ0n) is 18.8. The molecule has 2 N–H and O–H groups in total. The van der Waals surface area contributed by atoms with Crippen LogP contribution in [-0.4, -0.2) is 48.5 Å². The molecular weight excluding hydrogens is 504 g/mol. The fraction of sp³-hybridized carbons (Fsp3) is 0.304. The normalized spacial score (nSPS) is 17.1. The second-order valence-electron chi connectivity index (χ2n) is 7.98. The lowest BCUT2D eigenvalue weighted by atomic mass is 10.0. The molecule has 2 aromatic carbocycles. The van der Waals surface area contributed by atoms with Gasteiger partial charge >= 0.3 is 12.7 Å². The topological polar surface area (TPSA) is 123 Å². The van der Waals surface area contributed by atoms with Gasteiger partial charge in [-0.05, 0) is 36.2 Å². The Labute approximate surface area is 208 Å². The van der Waals surface area contributed by atoms with E-state index in [9.17, 15) is 28.0 Å². The molecule has 1 saturated heterocycles. The predicted octanol–water partition coefficient (Wildman–Crippen LogP) is 3.46. The molecule has 1 atom stereocenters. The minimum absolute atomic E-state index is 0.0610. The monoisotopic (exact) mass is 523 g/mol. The van der Waals surface area contributed by atoms with Crippen LogP contribution >= 0.6 is 11.6 Å². The van der Waals surface area contributed by atoms with Crippen LogP contribution in [0.2, 0.25) is 5.02 Å². The van der Waals surface area contributed by atoms with E-state index < -0.39 is 30.6 Å². The Morgan fingerprint density at radius 1 is 1.22 bits per heavy atom. The maximum Gasteiger partial charge on any atom is 0.411 e. The number of alkyl halides is 2. The first-order chi connectivity index (χ1) is 17.1. The zero-order valence-corrected chi connectivity index (χ0v) is 19.6. The van der Waals surface area contributed by atoms with Crippen molar-refractivity contribution >= 4 is 41.1 Å². The molecule has 1 fully saturated rings. The van der Waals surface area contributed by atoms with E-state index in [1.807, 2.05) is 0 Å². The lowest BCUT2D eigenvalue weighted by molar-refractivity contribution is -0.136. The quantitative estimate of drug-likeness (QED) is 0.533. The summed E-state index contributed by atoms with van der Waals surface area (Å²) in [6.07, 6.45) is -0.558. The molecule has 2 heterocycles. The van der Waals surface area contributed by atoms with Gasteiger partial charge in [0.1, 0.15) is 24.1 Å². The van der Waals surface area contributed by atoms with Crippen molar-refractivity contribution in [2.45, 2.75) is 38.6 Å². The van der Waals surface area contributed by atoms with E-state index in [0.717, 1.165) is 12.1 Å². The molecule has 2 aliphatic heterocycles. The fourth-order valence-corrected chi connectivity index (χ4v) is 4.28. The van der Waals surface area contributed by atoms with E-state index in [0.29, 0.717) is 22.4 Å². The van der Waals surface area contributed by atoms with Gasteiger partial charge in [0.05, 0.1) is 13.7 Å². The highest BCUT2D eigenvalue weighted by molar-refractivity contribution is 6.31. The Balaban J connectivity index is 1.44. The molecule has 4 amide bonds. The van der Waals surface area contributed by atoms with E-state index in [2.05, 4.69) is 15.4 Å². The molecule has 0 spiro atoms. The molecule has 0 bridgehead atoms. The Bertz CT molecular complexity index is 1240. The van der Waals surface area contributed by atoms with Crippen LogP contribution in [0.5, 0.6) is 11.5 Å². The SMILES string of the molecule is COc1cc(COC(=O)Nc2cc(Cl)cc(OC(F)F)c2)cc2c1CN(C1CCC(=O)NC1=O)C2=O. The lowest BCUT2D eigenvalue weighted by Crippen LogP contribution is -2.52. The molecule has 10 nitrogen and oxygen atoms in total. The van der Waals surface area contributed by atoms with Crippen LogP contribution in [0.3, 0.4) is 0 Å². The second-order valence-corrected chi connectivity index (χ2v) is 8.42. The predicted molar refractivity (Wildman–Crippen MR) is 121 cm³/mol. The number of hydrogen-bond acceptors (Lipinski definition) is 7. The summed E-state index contributed by atoms with van der Waals surface area (Å²) in [7, 11) is 1.42. The molecule has 36 heavy (non-hydrogen) atoms. The summed E-state index contributed by atoms with van der Waals surface area (Å²) >= 11 is 5.87. The van der Waals surface area contributed by atoms with Crippen molar-refractivity contribution in [3.63, 3.8) is 0 Å². The maximum absolute atomic E-state index is 13.1. The second kappa shape index (κ2) is 10.4. The number of nitrogens with one attached hydrogen (secondary N) is 2. The van der Waals surface area contributed by atoms with Gasteiger partial charge in [-0.3, -0.25) is 25.0 Å². The van der Waals surface area contributed by atoms with Crippen LogP contribution in [0.25, 0.3) is 0 Å². The number of rotatable bonds is 7. The van der Waals surface area contributed by atoms with Crippen LogP contribution in [0.15, 0.2) is 30.3 Å². The lowest BCUT2D eigenvalue weighted by Gasteiger charge is -2.29. The van der Waals surface area contributed by atoms with Crippen LogP contribution in [-0.2, 0) is 27.5 Å². The van der Waals surface area contributed by atoms with Crippen LogP contribution in [0.4, 0.5) is 19.3 Å². The molecule has 0 saturated carbocycles. The number of methoxy groups -OCH3 is 1. The van der Waals surface area contributed by atoms with Gasteiger partial charge in [0.2, 0.25) is 11.8 Å². The smallest absolute Gasteiger partial charge is 0.411 e. The third-order valence-corrected chi connectivity index (χ3v) is 5.83. The van der Waals surface area contributed by atoms with Gasteiger partial charge in [-0.2, -0.15) is 8.78 Å². The summed E-state index contributed by atoms with van der Waals surface area (Å²) in [4.78, 5) is 50.4. The first-order valence-electron chi connectivity index (χ1n) is 10.7. The molecule has 2 aliphatic rings. The molecule has 0 aromatic heterocycles. The Morgan fingerprint density at radius 2 is 2.00 bits per heavy atom. The third-order valence-electron chi connectivity index (χ3n) is 5.61. The maximum atomic E-state index is 13.1. The van der Waals surface area contributed by atoms with Crippen molar-refractivity contribution in [2.75, 3.05) is 12.4 Å². The van der Waals surface area contributed by atoms with Gasteiger partial charge in [0.15, 0.2) is 0 Å². The largest absolute Gasteiger partial charge is 0.496 e. The van der Waals surface area contributed by atoms with Crippen molar-refractivity contribution in [2.24, 2.45) is 0 Å². The summed E-state index contributed by atoms with van der Waals surface area (Å²) in [6, 6.07) is 5.99. The van der Waals surface area contributed by atoms with Crippen molar-refractivity contribution in [1.82, 2.24) is 10.2 Å². The molecule has 4 rings (SSSR count). The summed E-state index contributed by atoms with van der Waals surface area (Å²) in [6.45, 7) is -3.18. The number of ether oxygens (including phenoxy) is 3. The highest BCUT2D eigenvalue weighted by Gasteiger charge is 2.40. The first kappa shape index (κ1) is 25.2. The van der Waals surface area contributed by atoms with Crippen molar-refractivity contribution in [3.8, 4) is 11.5 Å². The molecule has 2 aromatic rings. The number of benzene rings is 2. The highest BCUT2D eigenvalue weighted by atomic mass is 35.5. The van der Waals surface area contributed by atoms with Crippen LogP contribution in [0.1, 0.15) is 34.3 Å². The van der Waals surface area contributed by atoms with E-state index in [1.54, 1.807) is 6.07 Å². The van der Waals surface area contributed by atoms with Crippen molar-refractivity contribution in [1.29, 1.82) is 0 Å². The third kappa shape index (κ3) is 5.48. The minimum atomic E-state index is -3.06. The summed E-state index contributed by atoms with van der Waals surface area (Å²) in [5.41, 5.74) is 1.38. The average molecular weight is 524 g/mol. The number of carbonyl (C=O) groups excluding carboxylic acids is 4. The minimum Gasteiger partial charge on any atom is -0.496 e. The van der Waals surface area contributed by atoms with Crippen LogP contribution < -0.4 is 20.1 Å². The van der Waals surface area contributed by atoms with Crippen molar-refractivity contribution in [3.05, 3.63) is 52.0 Å². The number of carbonyl (C=O) groups is 4. The van der Waals surface area contributed by atoms with Gasteiger partial charge < -0.3 is 19.1 Å². The number of piperidine rings is 1. The molecule has 13 heteroatoms. The summed E-state index contributed by atoms with van der Waals surface area (Å²) < 4.78 is 39.8. The standard InChI is InChI=1S/C23H20ClF2N3O7/c1-34-18-5-11(10-35-23(33)27-13-6-12(24)7-14(8-13)36-22(25)26)4-15-16(18)9-29(21(15)32)17-2-3-19(30)28-20(17)31/h4-8,17,22H,2-3,9-10H2,1H3,(H,27,33)(H,28,30,31). The molecule has 0 aliphatic carbocycles. The molecule has 0 radical (unpaired) electrons. The van der Waals surface area contributed by atoms with Crippen molar-refractivity contribution < 1.29 is 42.2 Å². The van der Waals surface area contributed by atoms with Gasteiger partial charge in [-0.25, -0.2) is 4.79 Å². The summed E-state index contributed by atoms with van der Waals surface area (Å²) in [5, 5.41) is 4.67. The molecule has 190 valence electrons. The number of fused-ring (bicyclic) bond motifs is 1. The van der Waals surface area contributed by atoms with Gasteiger partial charge in [-0.15, -0.1) is 0 Å². The highest BCUT2D eigenvalue weighted by Crippen LogP contribution is 2.35. The average Bonchev–Trinajstić information content (AvgIpc) is 3.12. The van der Waals surface area contributed by atoms with Crippen LogP contribution in [0, 0.1) is 0 Å². The fourth-order valence-electron chi connectivity index (χ4n) is 4.06. The van der Waals surface area contributed by atoms with Gasteiger partial charge in [0.25, 0.3) is 5.91 Å². The number of imide groups is 1. The molecular formula is C23H20ClF2N3O7. The number of hydrogen-bond donors (Lipinski definition) is 2. The number of nitrogens with zero attached hydrogens (tertiary/aromatic N) is 1. The summed E-state index contributed by atoms with van der Waals surface area (Å²) in [5.74, 6) is -1.19.